The van der Waals surface area contributed by atoms with E-state index in [-0.39, 0.29) is 47.3 Å². The molecule has 0 heterocycles. The molecule has 9 nitrogen and oxygen atoms in total. The van der Waals surface area contributed by atoms with Crippen LogP contribution in [0, 0.1) is 17.3 Å². The second-order valence-corrected chi connectivity index (χ2v) is 13.6. The SMILES string of the molecule is CCOc1ccc(-c2ccc(O)c3c2C[C@H]2C[C@H]4CC(=O)C(C(C)=O)=C(O)[C@@]4(O)C(=O)C2=C3O)cc1CCC(=O)CC(C)(C)C. The fraction of sp³-hybridized carbons (Fsp3) is 0.444. The van der Waals surface area contributed by atoms with Crippen molar-refractivity contribution in [1.82, 2.24) is 0 Å². The highest BCUT2D eigenvalue weighted by Crippen LogP contribution is 2.53. The van der Waals surface area contributed by atoms with E-state index in [0.29, 0.717) is 42.7 Å². The monoisotopic (exact) mass is 616 g/mol. The second kappa shape index (κ2) is 11.6. The summed E-state index contributed by atoms with van der Waals surface area (Å²) < 4.78 is 5.86. The van der Waals surface area contributed by atoms with Gasteiger partial charge in [0.1, 0.15) is 34.4 Å². The van der Waals surface area contributed by atoms with Gasteiger partial charge in [0, 0.05) is 30.8 Å². The Balaban J connectivity index is 1.58. The maximum atomic E-state index is 13.8. The maximum Gasteiger partial charge on any atom is 0.202 e. The summed E-state index contributed by atoms with van der Waals surface area (Å²) in [5.74, 6) is -4.93. The van der Waals surface area contributed by atoms with Crippen molar-refractivity contribution in [1.29, 1.82) is 0 Å². The van der Waals surface area contributed by atoms with Gasteiger partial charge in [-0.25, -0.2) is 0 Å². The standard InChI is InChI=1S/C36H40O9/c1-6-45-28-12-8-19(13-20(28)7-9-23(38)17-35(3,4)5)24-10-11-26(39)31-25(24)15-21-14-22-16-27(40)29(18(2)37)33(42)36(22,44)34(43)30(21)32(31)41/h8,10-13,21-22,39,41-42,44H,6-7,9,14-17H2,1-5H3/t21-,22+,36-/m1/s1. The van der Waals surface area contributed by atoms with Crippen molar-refractivity contribution < 1.29 is 44.3 Å². The number of hydrogen-bond acceptors (Lipinski definition) is 9. The van der Waals surface area contributed by atoms with Gasteiger partial charge in [0.2, 0.25) is 5.78 Å². The van der Waals surface area contributed by atoms with Gasteiger partial charge in [-0.05, 0) is 84.9 Å². The molecule has 9 heteroatoms. The molecule has 0 spiro atoms. The van der Waals surface area contributed by atoms with Gasteiger partial charge < -0.3 is 25.2 Å². The molecule has 5 rings (SSSR count). The number of phenolic OH excluding ortho intramolecular Hbond substituents is 1. The smallest absolute Gasteiger partial charge is 0.202 e. The molecule has 1 fully saturated rings. The summed E-state index contributed by atoms with van der Waals surface area (Å²) in [5.41, 5.74) is -0.457. The molecule has 3 aliphatic rings. The zero-order valence-electron chi connectivity index (χ0n) is 26.3. The lowest BCUT2D eigenvalue weighted by molar-refractivity contribution is -0.147. The highest BCUT2D eigenvalue weighted by molar-refractivity contribution is 6.23. The molecule has 0 bridgehead atoms. The Hall–Kier alpha value is -4.24. The molecule has 3 aliphatic carbocycles. The first-order valence-electron chi connectivity index (χ1n) is 15.4. The first-order valence-corrected chi connectivity index (χ1v) is 15.4. The van der Waals surface area contributed by atoms with Gasteiger partial charge in [-0.2, -0.15) is 0 Å². The zero-order valence-corrected chi connectivity index (χ0v) is 26.3. The van der Waals surface area contributed by atoms with Crippen LogP contribution < -0.4 is 4.74 Å². The molecule has 0 aliphatic heterocycles. The van der Waals surface area contributed by atoms with Crippen molar-refractivity contribution in [3.05, 3.63) is 63.9 Å². The van der Waals surface area contributed by atoms with Gasteiger partial charge in [0.25, 0.3) is 0 Å². The molecule has 0 unspecified atom stereocenters. The Labute approximate surface area is 262 Å². The zero-order chi connectivity index (χ0) is 33.0. The van der Waals surface area contributed by atoms with Gasteiger partial charge in [0.05, 0.1) is 12.2 Å². The van der Waals surface area contributed by atoms with Gasteiger partial charge >= 0.3 is 0 Å². The maximum absolute atomic E-state index is 13.8. The highest BCUT2D eigenvalue weighted by Gasteiger charge is 2.60. The summed E-state index contributed by atoms with van der Waals surface area (Å²) in [6.45, 7) is 9.48. The summed E-state index contributed by atoms with van der Waals surface area (Å²) >= 11 is 0. The minimum Gasteiger partial charge on any atom is -0.508 e. The first-order chi connectivity index (χ1) is 21.1. The summed E-state index contributed by atoms with van der Waals surface area (Å²) in [5, 5.41) is 44.8. The largest absolute Gasteiger partial charge is 0.508 e. The third kappa shape index (κ3) is 5.58. The number of ether oxygens (including phenoxy) is 1. The van der Waals surface area contributed by atoms with Crippen LogP contribution in [0.15, 0.2) is 47.2 Å². The number of carbonyl (C=O) groups is 4. The Morgan fingerprint density at radius 1 is 1.04 bits per heavy atom. The Kier molecular flexibility index (Phi) is 8.29. The Morgan fingerprint density at radius 3 is 2.40 bits per heavy atom. The molecule has 4 N–H and O–H groups in total. The van der Waals surface area contributed by atoms with Crippen molar-refractivity contribution in [2.24, 2.45) is 17.3 Å². The predicted octanol–water partition coefficient (Wildman–Crippen LogP) is 5.53. The van der Waals surface area contributed by atoms with Crippen molar-refractivity contribution in [3.63, 3.8) is 0 Å². The van der Waals surface area contributed by atoms with Gasteiger partial charge in [-0.15, -0.1) is 0 Å². The predicted molar refractivity (Wildman–Crippen MR) is 167 cm³/mol. The van der Waals surface area contributed by atoms with Crippen LogP contribution in [0.4, 0.5) is 0 Å². The lowest BCUT2D eigenvalue weighted by Crippen LogP contribution is -2.57. The molecule has 0 radical (unpaired) electrons. The van der Waals surface area contributed by atoms with E-state index in [2.05, 4.69) is 0 Å². The average Bonchev–Trinajstić information content (AvgIpc) is 2.93. The van der Waals surface area contributed by atoms with Crippen LogP contribution in [0.25, 0.3) is 16.9 Å². The van der Waals surface area contributed by atoms with Crippen LogP contribution in [0.3, 0.4) is 0 Å². The molecule has 45 heavy (non-hydrogen) atoms. The molecule has 0 amide bonds. The molecule has 238 valence electrons. The summed E-state index contributed by atoms with van der Waals surface area (Å²) in [6.07, 6.45) is 1.27. The summed E-state index contributed by atoms with van der Waals surface area (Å²) in [4.78, 5) is 51.4. The number of ketones is 4. The Bertz CT molecular complexity index is 1690. The molecule has 2 aromatic carbocycles. The van der Waals surface area contributed by atoms with Crippen molar-refractivity contribution >= 4 is 28.9 Å². The van der Waals surface area contributed by atoms with Crippen LogP contribution in [0.2, 0.25) is 0 Å². The number of benzene rings is 2. The number of aliphatic hydroxyl groups is 3. The van der Waals surface area contributed by atoms with E-state index in [1.807, 2.05) is 45.9 Å². The normalized spacial score (nSPS) is 23.0. The lowest BCUT2D eigenvalue weighted by atomic mass is 9.59. The fourth-order valence-electron chi connectivity index (χ4n) is 7.19. The third-order valence-corrected chi connectivity index (χ3v) is 9.12. The first kappa shape index (κ1) is 32.2. The number of phenols is 1. The van der Waals surface area contributed by atoms with E-state index in [9.17, 15) is 39.6 Å². The Morgan fingerprint density at radius 2 is 1.76 bits per heavy atom. The van der Waals surface area contributed by atoms with E-state index in [1.54, 1.807) is 6.07 Å². The van der Waals surface area contributed by atoms with Gasteiger partial charge in [0.15, 0.2) is 17.2 Å². The number of aryl methyl sites for hydroxylation is 1. The van der Waals surface area contributed by atoms with Crippen LogP contribution in [0.5, 0.6) is 11.5 Å². The number of allylic oxidation sites excluding steroid dienone is 1. The molecule has 0 saturated heterocycles. The topological polar surface area (TPSA) is 158 Å². The second-order valence-electron chi connectivity index (χ2n) is 13.6. The quantitative estimate of drug-likeness (QED) is 0.280. The summed E-state index contributed by atoms with van der Waals surface area (Å²) in [7, 11) is 0. The van der Waals surface area contributed by atoms with Crippen molar-refractivity contribution in [3.8, 4) is 22.6 Å². The van der Waals surface area contributed by atoms with Crippen LogP contribution >= 0.6 is 0 Å². The van der Waals surface area contributed by atoms with E-state index in [1.165, 1.54) is 6.07 Å². The average molecular weight is 617 g/mol. The van der Waals surface area contributed by atoms with Gasteiger partial charge in [-0.1, -0.05) is 32.9 Å². The minimum absolute atomic E-state index is 0.0482. The number of fused-ring (bicyclic) bond motifs is 3. The van der Waals surface area contributed by atoms with Crippen molar-refractivity contribution in [2.45, 2.75) is 78.7 Å². The minimum atomic E-state index is -2.53. The molecule has 0 aromatic heterocycles. The number of rotatable bonds is 8. The highest BCUT2D eigenvalue weighted by atomic mass is 16.5. The van der Waals surface area contributed by atoms with Crippen LogP contribution in [-0.2, 0) is 32.0 Å². The van der Waals surface area contributed by atoms with Crippen LogP contribution in [-0.4, -0.2) is 55.8 Å². The van der Waals surface area contributed by atoms with Crippen LogP contribution in [0.1, 0.15) is 77.0 Å². The van der Waals surface area contributed by atoms with E-state index in [4.69, 9.17) is 4.74 Å². The molecule has 3 atom stereocenters. The number of hydrogen-bond donors (Lipinski definition) is 4. The molecule has 2 aromatic rings. The summed E-state index contributed by atoms with van der Waals surface area (Å²) in [6, 6.07) is 8.80. The van der Waals surface area contributed by atoms with E-state index < -0.39 is 51.9 Å². The molecular weight excluding hydrogens is 576 g/mol. The van der Waals surface area contributed by atoms with Crippen molar-refractivity contribution in [2.75, 3.05) is 6.61 Å². The number of aromatic hydroxyl groups is 1. The third-order valence-electron chi connectivity index (χ3n) is 9.12. The number of carbonyl (C=O) groups excluding carboxylic acids is 4. The molecular formula is C36H40O9. The van der Waals surface area contributed by atoms with E-state index >= 15 is 0 Å². The lowest BCUT2D eigenvalue weighted by Gasteiger charge is -2.46. The fourth-order valence-corrected chi connectivity index (χ4v) is 7.19. The number of aliphatic hydroxyl groups excluding tert-OH is 2. The molecule has 1 saturated carbocycles. The van der Waals surface area contributed by atoms with Gasteiger partial charge in [-0.3, -0.25) is 19.2 Å². The number of Topliss-reactive ketones (excluding diaryl/α,β-unsaturated/α-hetero) is 4. The van der Waals surface area contributed by atoms with E-state index in [0.717, 1.165) is 18.1 Å².